The highest BCUT2D eigenvalue weighted by molar-refractivity contribution is 5.96. The third-order valence-electron chi connectivity index (χ3n) is 3.82. The average Bonchev–Trinajstić information content (AvgIpc) is 2.37. The molecule has 1 fully saturated rings. The van der Waals surface area contributed by atoms with E-state index < -0.39 is 6.03 Å². The van der Waals surface area contributed by atoms with Gasteiger partial charge in [-0.1, -0.05) is 19.8 Å². The highest BCUT2D eigenvalue weighted by atomic mass is 16.2. The average molecular weight is 269 g/mol. The summed E-state index contributed by atoms with van der Waals surface area (Å²) in [6, 6.07) is -0.755. The summed E-state index contributed by atoms with van der Waals surface area (Å²) in [5.41, 5.74) is 0. The van der Waals surface area contributed by atoms with E-state index in [9.17, 15) is 9.59 Å². The minimum absolute atomic E-state index is 0.268. The van der Waals surface area contributed by atoms with Crippen molar-refractivity contribution in [1.82, 2.24) is 16.0 Å². The quantitative estimate of drug-likeness (QED) is 0.710. The standard InChI is InChI=1S/C14H27N3O2/c1-4-15-14(19)17-13(18)11(3)16-9-12-7-5-10(2)6-8-12/h10-12,16H,4-9H2,1-3H3,(H2,15,17,18,19). The second-order valence-corrected chi connectivity index (χ2v) is 5.60. The zero-order valence-electron chi connectivity index (χ0n) is 12.3. The summed E-state index contributed by atoms with van der Waals surface area (Å²) in [7, 11) is 0. The first-order valence-electron chi connectivity index (χ1n) is 7.35. The summed E-state index contributed by atoms with van der Waals surface area (Å²) in [6.07, 6.45) is 5.04. The second-order valence-electron chi connectivity index (χ2n) is 5.60. The van der Waals surface area contributed by atoms with Crippen LogP contribution in [0.1, 0.15) is 46.5 Å². The van der Waals surface area contributed by atoms with E-state index in [4.69, 9.17) is 0 Å². The number of carbonyl (C=O) groups is 2. The van der Waals surface area contributed by atoms with Gasteiger partial charge in [0.05, 0.1) is 6.04 Å². The lowest BCUT2D eigenvalue weighted by molar-refractivity contribution is -0.121. The van der Waals surface area contributed by atoms with Crippen molar-refractivity contribution in [2.45, 2.75) is 52.5 Å². The molecule has 0 aromatic heterocycles. The minimum Gasteiger partial charge on any atom is -0.338 e. The lowest BCUT2D eigenvalue weighted by Crippen LogP contribution is -2.49. The van der Waals surface area contributed by atoms with Gasteiger partial charge >= 0.3 is 6.03 Å². The molecule has 1 aliphatic carbocycles. The molecule has 0 aliphatic heterocycles. The Labute approximate surface area is 115 Å². The first kappa shape index (κ1) is 16.0. The molecule has 1 rings (SSSR count). The summed E-state index contributed by atoms with van der Waals surface area (Å²) in [6.45, 7) is 7.28. The van der Waals surface area contributed by atoms with E-state index in [0.29, 0.717) is 12.5 Å². The Kier molecular flexibility index (Phi) is 6.84. The van der Waals surface area contributed by atoms with Gasteiger partial charge in [-0.25, -0.2) is 4.79 Å². The van der Waals surface area contributed by atoms with Gasteiger partial charge in [-0.2, -0.15) is 0 Å². The molecule has 0 radical (unpaired) electrons. The van der Waals surface area contributed by atoms with Crippen LogP contribution in [0.3, 0.4) is 0 Å². The molecule has 0 aromatic carbocycles. The molecule has 0 aromatic rings. The molecule has 3 N–H and O–H groups in total. The highest BCUT2D eigenvalue weighted by Gasteiger charge is 2.20. The zero-order valence-corrected chi connectivity index (χ0v) is 12.3. The van der Waals surface area contributed by atoms with Crippen molar-refractivity contribution in [2.75, 3.05) is 13.1 Å². The number of nitrogens with one attached hydrogen (secondary N) is 3. The molecular weight excluding hydrogens is 242 g/mol. The van der Waals surface area contributed by atoms with Gasteiger partial charge in [-0.15, -0.1) is 0 Å². The van der Waals surface area contributed by atoms with Crippen LogP contribution in [0.4, 0.5) is 4.79 Å². The smallest absolute Gasteiger partial charge is 0.321 e. The number of hydrogen-bond acceptors (Lipinski definition) is 3. The second kappa shape index (κ2) is 8.15. The van der Waals surface area contributed by atoms with E-state index in [-0.39, 0.29) is 11.9 Å². The van der Waals surface area contributed by atoms with Crippen LogP contribution < -0.4 is 16.0 Å². The molecule has 0 bridgehead atoms. The fraction of sp³-hybridized carbons (Fsp3) is 0.857. The molecule has 19 heavy (non-hydrogen) atoms. The maximum Gasteiger partial charge on any atom is 0.321 e. The zero-order chi connectivity index (χ0) is 14.3. The number of hydrogen-bond donors (Lipinski definition) is 3. The number of urea groups is 1. The van der Waals surface area contributed by atoms with E-state index in [1.807, 2.05) is 6.92 Å². The predicted molar refractivity (Wildman–Crippen MR) is 75.8 cm³/mol. The van der Waals surface area contributed by atoms with Crippen molar-refractivity contribution in [2.24, 2.45) is 11.8 Å². The summed E-state index contributed by atoms with van der Waals surface area (Å²) in [5, 5.41) is 8.09. The number of imide groups is 1. The molecule has 1 saturated carbocycles. The Morgan fingerprint density at radius 3 is 2.42 bits per heavy atom. The molecule has 1 unspecified atom stereocenters. The van der Waals surface area contributed by atoms with Gasteiger partial charge in [0.15, 0.2) is 0 Å². The fourth-order valence-electron chi connectivity index (χ4n) is 2.39. The Bertz CT molecular complexity index is 299. The summed E-state index contributed by atoms with van der Waals surface area (Å²) in [5.74, 6) is 1.24. The third-order valence-corrected chi connectivity index (χ3v) is 3.82. The largest absolute Gasteiger partial charge is 0.338 e. The van der Waals surface area contributed by atoms with Crippen LogP contribution in [0.5, 0.6) is 0 Å². The number of amides is 3. The van der Waals surface area contributed by atoms with E-state index in [1.165, 1.54) is 25.7 Å². The fourth-order valence-corrected chi connectivity index (χ4v) is 2.39. The lowest BCUT2D eigenvalue weighted by Gasteiger charge is -2.27. The van der Waals surface area contributed by atoms with Crippen molar-refractivity contribution >= 4 is 11.9 Å². The third kappa shape index (κ3) is 6.05. The van der Waals surface area contributed by atoms with Gasteiger partial charge in [0.25, 0.3) is 0 Å². The maximum atomic E-state index is 11.7. The minimum atomic E-state index is -0.423. The molecule has 110 valence electrons. The van der Waals surface area contributed by atoms with Crippen LogP contribution in [-0.4, -0.2) is 31.1 Å². The van der Waals surface area contributed by atoms with Crippen LogP contribution in [0.2, 0.25) is 0 Å². The van der Waals surface area contributed by atoms with Crippen LogP contribution in [0.25, 0.3) is 0 Å². The molecule has 3 amide bonds. The molecular formula is C14H27N3O2. The normalized spacial score (nSPS) is 24.6. The molecule has 5 heteroatoms. The lowest BCUT2D eigenvalue weighted by atomic mass is 9.83. The molecule has 0 heterocycles. The van der Waals surface area contributed by atoms with Gasteiger partial charge in [0.2, 0.25) is 5.91 Å². The van der Waals surface area contributed by atoms with Crippen LogP contribution >= 0.6 is 0 Å². The van der Waals surface area contributed by atoms with E-state index in [0.717, 1.165) is 12.5 Å². The van der Waals surface area contributed by atoms with Gasteiger partial charge in [0, 0.05) is 6.54 Å². The van der Waals surface area contributed by atoms with Crippen LogP contribution in [-0.2, 0) is 4.79 Å². The van der Waals surface area contributed by atoms with Crippen molar-refractivity contribution in [1.29, 1.82) is 0 Å². The number of carbonyl (C=O) groups excluding carboxylic acids is 2. The van der Waals surface area contributed by atoms with Crippen molar-refractivity contribution in [3.05, 3.63) is 0 Å². The monoisotopic (exact) mass is 269 g/mol. The molecule has 5 nitrogen and oxygen atoms in total. The van der Waals surface area contributed by atoms with Gasteiger partial charge in [-0.05, 0) is 45.1 Å². The summed E-state index contributed by atoms with van der Waals surface area (Å²) >= 11 is 0. The number of rotatable bonds is 5. The van der Waals surface area contributed by atoms with E-state index in [1.54, 1.807) is 6.92 Å². The Morgan fingerprint density at radius 1 is 1.21 bits per heavy atom. The summed E-state index contributed by atoms with van der Waals surface area (Å²) in [4.78, 5) is 22.9. The molecule has 0 saturated heterocycles. The first-order chi connectivity index (χ1) is 9.02. The molecule has 0 spiro atoms. The predicted octanol–water partition coefficient (Wildman–Crippen LogP) is 1.64. The molecule has 1 atom stereocenters. The van der Waals surface area contributed by atoms with Crippen molar-refractivity contribution in [3.8, 4) is 0 Å². The van der Waals surface area contributed by atoms with E-state index >= 15 is 0 Å². The Balaban J connectivity index is 2.21. The highest BCUT2D eigenvalue weighted by Crippen LogP contribution is 2.27. The van der Waals surface area contributed by atoms with E-state index in [2.05, 4.69) is 22.9 Å². The van der Waals surface area contributed by atoms with Crippen molar-refractivity contribution in [3.63, 3.8) is 0 Å². The SMILES string of the molecule is CCNC(=O)NC(=O)C(C)NCC1CCC(C)CC1. The van der Waals surface area contributed by atoms with Gasteiger partial charge in [0.1, 0.15) is 0 Å². The maximum absolute atomic E-state index is 11.7. The topological polar surface area (TPSA) is 70.2 Å². The van der Waals surface area contributed by atoms with Gasteiger partial charge in [-0.3, -0.25) is 10.1 Å². The Morgan fingerprint density at radius 2 is 1.84 bits per heavy atom. The van der Waals surface area contributed by atoms with Crippen LogP contribution in [0, 0.1) is 11.8 Å². The van der Waals surface area contributed by atoms with Crippen LogP contribution in [0.15, 0.2) is 0 Å². The van der Waals surface area contributed by atoms with Crippen molar-refractivity contribution < 1.29 is 9.59 Å². The van der Waals surface area contributed by atoms with Gasteiger partial charge < -0.3 is 10.6 Å². The molecule has 1 aliphatic rings. The first-order valence-corrected chi connectivity index (χ1v) is 7.35. The Hall–Kier alpha value is -1.10. The summed E-state index contributed by atoms with van der Waals surface area (Å²) < 4.78 is 0.